The highest BCUT2D eigenvalue weighted by molar-refractivity contribution is 6.16. The average molecular weight is 141 g/mol. The molecule has 0 spiro atoms. The minimum atomic E-state index is -0.713. The van der Waals surface area contributed by atoms with E-state index in [-0.39, 0.29) is 13.0 Å². The summed E-state index contributed by atoms with van der Waals surface area (Å²) in [6.07, 6.45) is -1.30. The first-order valence-electron chi connectivity index (χ1n) is 4.12. The van der Waals surface area contributed by atoms with Crippen molar-refractivity contribution < 1.29 is 11.2 Å². The first-order chi connectivity index (χ1) is 5.00. The van der Waals surface area contributed by atoms with Gasteiger partial charge in [0.15, 0.2) is 0 Å². The van der Waals surface area contributed by atoms with Crippen molar-refractivity contribution in [3.05, 3.63) is 0 Å². The summed E-state index contributed by atoms with van der Waals surface area (Å²) in [4.78, 5) is 0. The summed E-state index contributed by atoms with van der Waals surface area (Å²) in [5.74, 6) is 0. The van der Waals surface area contributed by atoms with E-state index in [1.54, 1.807) is 6.92 Å². The van der Waals surface area contributed by atoms with Gasteiger partial charge in [0.25, 0.3) is 0 Å². The Labute approximate surface area is 64.4 Å². The molecular weight excluding hydrogens is 127 g/mol. The highest BCUT2D eigenvalue weighted by Gasteiger charge is 2.44. The van der Waals surface area contributed by atoms with E-state index < -0.39 is 17.5 Å². The largest absolute Gasteiger partial charge is 0.391 e. The van der Waals surface area contributed by atoms with E-state index in [0.717, 1.165) is 0 Å². The summed E-state index contributed by atoms with van der Waals surface area (Å²) in [7, 11) is 5.77. The minimum Gasteiger partial charge on any atom is -0.391 e. The molecule has 1 fully saturated rings. The molecule has 0 bridgehead atoms. The van der Waals surface area contributed by atoms with Crippen LogP contribution >= 0.6 is 0 Å². The topological polar surface area (TPSA) is 29.5 Å². The Bertz CT molecular complexity index is 151. The van der Waals surface area contributed by atoms with E-state index in [4.69, 9.17) is 14.0 Å². The minimum absolute atomic E-state index is 0.0678. The summed E-state index contributed by atoms with van der Waals surface area (Å²) in [5.41, 5.74) is 0. The number of aliphatic hydroxyl groups is 1. The molecule has 0 aromatic heterocycles. The lowest BCUT2D eigenvalue weighted by Gasteiger charge is -2.25. The highest BCUT2D eigenvalue weighted by Crippen LogP contribution is 2.41. The molecule has 3 heteroatoms. The van der Waals surface area contributed by atoms with Crippen LogP contribution < -0.4 is 0 Å². The fraction of sp³-hybridized carbons (Fsp3) is 1.00. The van der Waals surface area contributed by atoms with Crippen LogP contribution in [0, 0.1) is 0 Å². The lowest BCUT2D eigenvalue weighted by molar-refractivity contribution is 0.0287. The normalized spacial score (nSPS) is 56.7. The smallest absolute Gasteiger partial charge is 0.0814 e. The summed E-state index contributed by atoms with van der Waals surface area (Å²) in [5, 5.41) is 8.81. The molecule has 1 aliphatic rings. The second-order valence-electron chi connectivity index (χ2n) is 3.13. The van der Waals surface area contributed by atoms with Crippen LogP contribution in [0.1, 0.15) is 22.1 Å². The van der Waals surface area contributed by atoms with Crippen molar-refractivity contribution in [2.45, 2.75) is 44.4 Å². The molecule has 10 heavy (non-hydrogen) atoms. The average Bonchev–Trinajstić information content (AvgIpc) is 2.14. The van der Waals surface area contributed by atoms with Crippen LogP contribution in [-0.4, -0.2) is 31.3 Å². The van der Waals surface area contributed by atoms with E-state index >= 15 is 0 Å². The fourth-order valence-corrected chi connectivity index (χ4v) is 1.12. The number of rotatable bonds is 0. The molecule has 0 amide bonds. The lowest BCUT2D eigenvalue weighted by atomic mass is 9.64. The van der Waals surface area contributed by atoms with Gasteiger partial charge in [-0.2, -0.15) is 0 Å². The van der Waals surface area contributed by atoms with Crippen LogP contribution in [0.3, 0.4) is 0 Å². The van der Waals surface area contributed by atoms with Gasteiger partial charge in [0, 0.05) is 1.37 Å². The SMILES string of the molecule is [2H]C[C@H]1O[C@@H](C)C([B])(C)C1O. The predicted octanol–water partition coefficient (Wildman–Crippen LogP) is 0.502. The molecule has 1 rings (SSSR count). The maximum Gasteiger partial charge on any atom is 0.0814 e. The van der Waals surface area contributed by atoms with Crippen LogP contribution in [0.5, 0.6) is 0 Å². The molecule has 0 aromatic rings. The Balaban J connectivity index is 2.71. The van der Waals surface area contributed by atoms with Crippen molar-refractivity contribution in [2.75, 3.05) is 0 Å². The zero-order valence-corrected chi connectivity index (χ0v) is 6.37. The van der Waals surface area contributed by atoms with Gasteiger partial charge in [-0.3, -0.25) is 0 Å². The Morgan fingerprint density at radius 2 is 2.40 bits per heavy atom. The quantitative estimate of drug-likeness (QED) is 0.497. The van der Waals surface area contributed by atoms with Gasteiger partial charge in [-0.1, -0.05) is 6.92 Å². The third-order valence-corrected chi connectivity index (χ3v) is 2.24. The number of hydrogen-bond acceptors (Lipinski definition) is 2. The fourth-order valence-electron chi connectivity index (χ4n) is 1.12. The molecular formula is C7H13BO2. The lowest BCUT2D eigenvalue weighted by Crippen LogP contribution is -2.30. The molecule has 2 nitrogen and oxygen atoms in total. The molecule has 1 aliphatic heterocycles. The summed E-state index contributed by atoms with van der Waals surface area (Å²) in [6.45, 7) is 3.63. The monoisotopic (exact) mass is 141 g/mol. The standard InChI is InChI=1S/C7H13BO2/c1-4-6(9)7(3,8)5(2)10-4/h4-6,9H,1-3H3/t4-,5+,6?,7?/m1/s1/i1D. The molecule has 2 unspecified atom stereocenters. The summed E-state index contributed by atoms with van der Waals surface area (Å²) >= 11 is 0. The highest BCUT2D eigenvalue weighted by atomic mass is 16.5. The third kappa shape index (κ3) is 0.975. The predicted molar refractivity (Wildman–Crippen MR) is 40.1 cm³/mol. The van der Waals surface area contributed by atoms with Crippen molar-refractivity contribution >= 4 is 7.85 Å². The Kier molecular flexibility index (Phi) is 1.50. The maximum atomic E-state index is 9.52. The molecule has 1 saturated heterocycles. The molecule has 1 N–H and O–H groups in total. The number of aliphatic hydroxyl groups excluding tert-OH is 1. The number of ether oxygens (including phenoxy) is 1. The molecule has 0 aliphatic carbocycles. The van der Waals surface area contributed by atoms with Crippen molar-refractivity contribution in [3.63, 3.8) is 0 Å². The van der Waals surface area contributed by atoms with Gasteiger partial charge >= 0.3 is 0 Å². The van der Waals surface area contributed by atoms with Gasteiger partial charge < -0.3 is 9.84 Å². The molecule has 1 heterocycles. The van der Waals surface area contributed by atoms with Gasteiger partial charge in [-0.05, 0) is 19.1 Å². The first-order valence-corrected chi connectivity index (χ1v) is 3.41. The summed E-state index contributed by atoms with van der Waals surface area (Å²) < 4.78 is 12.3. The molecule has 0 aromatic carbocycles. The Morgan fingerprint density at radius 3 is 2.60 bits per heavy atom. The zero-order valence-electron chi connectivity index (χ0n) is 7.37. The number of hydrogen-bond donors (Lipinski definition) is 1. The maximum absolute atomic E-state index is 9.52. The summed E-state index contributed by atoms with van der Waals surface area (Å²) in [6, 6.07) is 0. The van der Waals surface area contributed by atoms with Gasteiger partial charge in [0.1, 0.15) is 0 Å². The van der Waals surface area contributed by atoms with Crippen LogP contribution in [0.4, 0.5) is 0 Å². The second-order valence-corrected chi connectivity index (χ2v) is 3.13. The third-order valence-electron chi connectivity index (χ3n) is 2.24. The van der Waals surface area contributed by atoms with Crippen LogP contribution in [0.15, 0.2) is 0 Å². The van der Waals surface area contributed by atoms with Crippen molar-refractivity contribution in [2.24, 2.45) is 0 Å². The van der Waals surface area contributed by atoms with Gasteiger partial charge in [0.2, 0.25) is 0 Å². The first kappa shape index (κ1) is 6.68. The van der Waals surface area contributed by atoms with E-state index in [0.29, 0.717) is 0 Å². The van der Waals surface area contributed by atoms with Crippen molar-refractivity contribution in [1.29, 1.82) is 0 Å². The van der Waals surface area contributed by atoms with E-state index in [2.05, 4.69) is 0 Å². The Morgan fingerprint density at radius 1 is 1.80 bits per heavy atom. The van der Waals surface area contributed by atoms with Crippen LogP contribution in [0.2, 0.25) is 5.31 Å². The van der Waals surface area contributed by atoms with Crippen molar-refractivity contribution in [3.8, 4) is 0 Å². The second kappa shape index (κ2) is 2.24. The zero-order chi connectivity index (χ0) is 8.65. The van der Waals surface area contributed by atoms with Crippen LogP contribution in [-0.2, 0) is 4.74 Å². The Hall–Kier alpha value is -0.0151. The molecule has 4 atom stereocenters. The van der Waals surface area contributed by atoms with Gasteiger partial charge in [0.05, 0.1) is 26.2 Å². The molecule has 2 radical (unpaired) electrons. The van der Waals surface area contributed by atoms with Crippen LogP contribution in [0.25, 0.3) is 0 Å². The molecule has 56 valence electrons. The molecule has 0 saturated carbocycles. The van der Waals surface area contributed by atoms with Gasteiger partial charge in [-0.25, -0.2) is 0 Å². The van der Waals surface area contributed by atoms with E-state index in [1.807, 2.05) is 6.92 Å². The van der Waals surface area contributed by atoms with E-state index in [9.17, 15) is 5.11 Å². The van der Waals surface area contributed by atoms with E-state index in [1.165, 1.54) is 0 Å². The van der Waals surface area contributed by atoms with Crippen molar-refractivity contribution in [1.82, 2.24) is 0 Å². The van der Waals surface area contributed by atoms with Gasteiger partial charge in [-0.15, -0.1) is 0 Å².